The second-order valence-electron chi connectivity index (χ2n) is 10.3. The number of rotatable bonds is 5. The molecule has 2 aromatic rings. The van der Waals surface area contributed by atoms with Crippen LogP contribution in [-0.2, 0) is 0 Å². The molecule has 172 valence electrons. The Labute approximate surface area is 188 Å². The molecule has 0 saturated carbocycles. The van der Waals surface area contributed by atoms with Crippen molar-refractivity contribution in [3.8, 4) is 11.9 Å². The number of nitriles is 1. The standard InChI is InChI=1S/C23H32N6O3/c1-14-7-8-15(23(5,6)13-24)20-18(14)19(21(31)26-16(12-30)22(2,3)4)27-29(20)17-11-28(32)10-9-25-17/h9-11,14-16,30H,7-8,12H2,1-6H3,(H,26,31)/t14-,15?,16-/m1/s1. The molecule has 9 heteroatoms. The average Bonchev–Trinajstić information content (AvgIpc) is 3.12. The molecule has 1 amide bonds. The number of nitrogens with zero attached hydrogens (tertiary/aromatic N) is 5. The largest absolute Gasteiger partial charge is 0.619 e. The van der Waals surface area contributed by atoms with Crippen molar-refractivity contribution in [2.45, 2.75) is 72.3 Å². The van der Waals surface area contributed by atoms with Gasteiger partial charge in [0.1, 0.15) is 0 Å². The van der Waals surface area contributed by atoms with Crippen molar-refractivity contribution in [3.05, 3.63) is 40.7 Å². The highest BCUT2D eigenvalue weighted by atomic mass is 16.5. The Bertz CT molecular complexity index is 1050. The zero-order valence-corrected chi connectivity index (χ0v) is 19.6. The maximum absolute atomic E-state index is 13.4. The Balaban J connectivity index is 2.21. The highest BCUT2D eigenvalue weighted by molar-refractivity contribution is 5.94. The molecule has 0 bridgehead atoms. The van der Waals surface area contributed by atoms with Gasteiger partial charge in [0.05, 0.1) is 36.0 Å². The van der Waals surface area contributed by atoms with Crippen molar-refractivity contribution < 1.29 is 14.6 Å². The maximum Gasteiger partial charge on any atom is 0.272 e. The fourth-order valence-corrected chi connectivity index (χ4v) is 4.32. The molecule has 2 heterocycles. The zero-order valence-electron chi connectivity index (χ0n) is 19.6. The predicted octanol–water partition coefficient (Wildman–Crippen LogP) is 2.57. The van der Waals surface area contributed by atoms with E-state index >= 15 is 0 Å². The van der Waals surface area contributed by atoms with Crippen molar-refractivity contribution in [3.63, 3.8) is 0 Å². The summed E-state index contributed by atoms with van der Waals surface area (Å²) >= 11 is 0. The number of hydrogen-bond donors (Lipinski definition) is 2. The third-order valence-electron chi connectivity index (χ3n) is 6.46. The molecule has 3 atom stereocenters. The normalized spacial score (nSPS) is 19.7. The van der Waals surface area contributed by atoms with E-state index in [0.29, 0.717) is 10.5 Å². The van der Waals surface area contributed by atoms with Gasteiger partial charge in [-0.15, -0.1) is 0 Å². The number of nitrogens with one attached hydrogen (secondary N) is 1. The summed E-state index contributed by atoms with van der Waals surface area (Å²) < 4.78 is 2.18. The van der Waals surface area contributed by atoms with Crippen LogP contribution in [0.25, 0.3) is 5.82 Å². The Morgan fingerprint density at radius 2 is 2.09 bits per heavy atom. The lowest BCUT2D eigenvalue weighted by Gasteiger charge is -2.35. The molecule has 2 aromatic heterocycles. The molecule has 1 aliphatic carbocycles. The van der Waals surface area contributed by atoms with Crippen LogP contribution in [0.4, 0.5) is 0 Å². The van der Waals surface area contributed by atoms with Gasteiger partial charge in [-0.3, -0.25) is 4.79 Å². The lowest BCUT2D eigenvalue weighted by molar-refractivity contribution is -0.605. The van der Waals surface area contributed by atoms with Crippen LogP contribution in [-0.4, -0.2) is 38.4 Å². The van der Waals surface area contributed by atoms with Gasteiger partial charge < -0.3 is 15.6 Å². The summed E-state index contributed by atoms with van der Waals surface area (Å²) in [7, 11) is 0. The van der Waals surface area contributed by atoms with Gasteiger partial charge in [0.2, 0.25) is 12.0 Å². The van der Waals surface area contributed by atoms with Crippen LogP contribution in [0.2, 0.25) is 0 Å². The van der Waals surface area contributed by atoms with Gasteiger partial charge in [0, 0.05) is 11.5 Å². The Hall–Kier alpha value is -2.99. The zero-order chi connectivity index (χ0) is 23.8. The molecule has 3 rings (SSSR count). The first-order valence-electron chi connectivity index (χ1n) is 10.9. The van der Waals surface area contributed by atoms with E-state index in [4.69, 9.17) is 0 Å². The first-order valence-corrected chi connectivity index (χ1v) is 10.9. The van der Waals surface area contributed by atoms with Gasteiger partial charge >= 0.3 is 0 Å². The lowest BCUT2D eigenvalue weighted by atomic mass is 9.68. The molecule has 1 aliphatic rings. The number of carbonyl (C=O) groups is 1. The topological polar surface area (TPSA) is 131 Å². The molecule has 2 N–H and O–H groups in total. The molecule has 1 unspecified atom stereocenters. The van der Waals surface area contributed by atoms with Gasteiger partial charge in [-0.1, -0.05) is 27.7 Å². The summed E-state index contributed by atoms with van der Waals surface area (Å²) in [6.07, 6.45) is 5.53. The number of aliphatic hydroxyl groups excluding tert-OH is 1. The third kappa shape index (κ3) is 4.32. The number of aliphatic hydroxyl groups is 1. The second-order valence-corrected chi connectivity index (χ2v) is 10.3. The summed E-state index contributed by atoms with van der Waals surface area (Å²) in [4.78, 5) is 17.7. The molecule has 0 aromatic carbocycles. The van der Waals surface area contributed by atoms with E-state index in [0.717, 1.165) is 24.1 Å². The smallest absolute Gasteiger partial charge is 0.272 e. The molecular weight excluding hydrogens is 408 g/mol. The fraction of sp³-hybridized carbons (Fsp3) is 0.609. The van der Waals surface area contributed by atoms with Crippen LogP contribution in [0.5, 0.6) is 0 Å². The molecule has 32 heavy (non-hydrogen) atoms. The van der Waals surface area contributed by atoms with Gasteiger partial charge in [-0.2, -0.15) is 15.1 Å². The monoisotopic (exact) mass is 440 g/mol. The van der Waals surface area contributed by atoms with Crippen LogP contribution in [0.3, 0.4) is 0 Å². The van der Waals surface area contributed by atoms with Gasteiger partial charge in [0.15, 0.2) is 11.9 Å². The van der Waals surface area contributed by atoms with Crippen LogP contribution in [0, 0.1) is 27.4 Å². The molecule has 0 saturated heterocycles. The van der Waals surface area contributed by atoms with E-state index in [1.54, 1.807) is 4.68 Å². The molecule has 0 spiro atoms. The number of aromatic nitrogens is 4. The van der Waals surface area contributed by atoms with Crippen molar-refractivity contribution in [1.29, 1.82) is 5.26 Å². The number of hydrogen-bond acceptors (Lipinski definition) is 6. The SMILES string of the molecule is C[C@@H]1CCC(C(C)(C)C#N)c2c1c(C(=O)N[C@H](CO)C(C)(C)C)nn2-c1c[n+]([O-])ccn1. The number of fused-ring (bicyclic) bond motifs is 1. The van der Waals surface area contributed by atoms with E-state index in [9.17, 15) is 20.4 Å². The molecule has 0 radical (unpaired) electrons. The van der Waals surface area contributed by atoms with E-state index in [2.05, 4.69) is 21.5 Å². The fourth-order valence-electron chi connectivity index (χ4n) is 4.32. The van der Waals surface area contributed by atoms with Gasteiger partial charge in [-0.25, -0.2) is 9.67 Å². The van der Waals surface area contributed by atoms with Gasteiger partial charge in [-0.05, 0) is 38.0 Å². The van der Waals surface area contributed by atoms with E-state index in [-0.39, 0.29) is 35.5 Å². The first kappa shape index (κ1) is 23.7. The van der Waals surface area contributed by atoms with Gasteiger partial charge in [0.25, 0.3) is 5.91 Å². The molecular formula is C23H32N6O3. The minimum absolute atomic E-state index is 0.0375. The quantitative estimate of drug-likeness (QED) is 0.543. The maximum atomic E-state index is 13.4. The van der Waals surface area contributed by atoms with Crippen molar-refractivity contribution in [1.82, 2.24) is 20.1 Å². The highest BCUT2D eigenvalue weighted by Gasteiger charge is 2.43. The highest BCUT2D eigenvalue weighted by Crippen LogP contribution is 2.48. The van der Waals surface area contributed by atoms with Crippen LogP contribution in [0.15, 0.2) is 18.6 Å². The average molecular weight is 441 g/mol. The Morgan fingerprint density at radius 3 is 2.66 bits per heavy atom. The minimum atomic E-state index is -0.707. The summed E-state index contributed by atoms with van der Waals surface area (Å²) in [5.74, 6) is -0.246. The molecule has 9 nitrogen and oxygen atoms in total. The summed E-state index contributed by atoms with van der Waals surface area (Å²) in [5, 5.41) is 39.1. The Morgan fingerprint density at radius 1 is 1.41 bits per heavy atom. The van der Waals surface area contributed by atoms with Crippen LogP contribution in [0.1, 0.15) is 88.0 Å². The van der Waals surface area contributed by atoms with E-state index in [1.165, 1.54) is 18.6 Å². The first-order chi connectivity index (χ1) is 14.9. The van der Waals surface area contributed by atoms with Crippen molar-refractivity contribution >= 4 is 5.91 Å². The van der Waals surface area contributed by atoms with Crippen LogP contribution >= 0.6 is 0 Å². The summed E-state index contributed by atoms with van der Waals surface area (Å²) in [5.41, 5.74) is 0.712. The van der Waals surface area contributed by atoms with Crippen LogP contribution < -0.4 is 10.0 Å². The third-order valence-corrected chi connectivity index (χ3v) is 6.46. The van der Waals surface area contributed by atoms with Crippen molar-refractivity contribution in [2.75, 3.05) is 6.61 Å². The lowest BCUT2D eigenvalue weighted by Crippen LogP contribution is -2.46. The number of carbonyl (C=O) groups excluding carboxylic acids is 1. The summed E-state index contributed by atoms with van der Waals surface area (Å²) in [6.45, 7) is 11.4. The van der Waals surface area contributed by atoms with E-state index < -0.39 is 11.5 Å². The predicted molar refractivity (Wildman–Crippen MR) is 118 cm³/mol. The Kier molecular flexibility index (Phi) is 6.29. The summed E-state index contributed by atoms with van der Waals surface area (Å²) in [6, 6.07) is 1.94. The van der Waals surface area contributed by atoms with Crippen molar-refractivity contribution in [2.24, 2.45) is 10.8 Å². The number of amides is 1. The molecule has 0 aliphatic heterocycles. The second kappa shape index (κ2) is 8.51. The molecule has 0 fully saturated rings. The minimum Gasteiger partial charge on any atom is -0.619 e. The van der Waals surface area contributed by atoms with E-state index in [1.807, 2.05) is 41.5 Å².